The van der Waals surface area contributed by atoms with Gasteiger partial charge in [0.15, 0.2) is 17.3 Å². The standard InChI is InChI=1S/C17H15NO4/c1-20-14-5-3-13(4-6-14)18-9-8-15(19)12-2-7-16-17(10-12)22-11-21-16/h2-10,18H,11H2,1H3/b9-8-. The number of ketones is 1. The van der Waals surface area contributed by atoms with Crippen molar-refractivity contribution in [2.45, 2.75) is 0 Å². The molecule has 0 aromatic heterocycles. The van der Waals surface area contributed by atoms with Crippen molar-refractivity contribution in [3.05, 3.63) is 60.3 Å². The summed E-state index contributed by atoms with van der Waals surface area (Å²) in [5.41, 5.74) is 1.42. The van der Waals surface area contributed by atoms with Crippen molar-refractivity contribution in [2.24, 2.45) is 0 Å². The van der Waals surface area contributed by atoms with E-state index in [2.05, 4.69) is 5.32 Å². The van der Waals surface area contributed by atoms with Gasteiger partial charge in [-0.2, -0.15) is 0 Å². The van der Waals surface area contributed by atoms with E-state index in [1.54, 1.807) is 31.5 Å². The van der Waals surface area contributed by atoms with E-state index in [0.29, 0.717) is 17.1 Å². The second kappa shape index (κ2) is 6.22. The van der Waals surface area contributed by atoms with Crippen LogP contribution in [0.1, 0.15) is 10.4 Å². The summed E-state index contributed by atoms with van der Waals surface area (Å²) in [6.45, 7) is 0.196. The minimum atomic E-state index is -0.112. The Balaban J connectivity index is 1.63. The highest BCUT2D eigenvalue weighted by atomic mass is 16.7. The monoisotopic (exact) mass is 297 g/mol. The quantitative estimate of drug-likeness (QED) is 0.678. The van der Waals surface area contributed by atoms with E-state index < -0.39 is 0 Å². The zero-order valence-corrected chi connectivity index (χ0v) is 12.0. The summed E-state index contributed by atoms with van der Waals surface area (Å²) in [4.78, 5) is 12.1. The number of carbonyl (C=O) groups excluding carboxylic acids is 1. The molecule has 0 aliphatic carbocycles. The van der Waals surface area contributed by atoms with Crippen LogP contribution >= 0.6 is 0 Å². The minimum Gasteiger partial charge on any atom is -0.497 e. The van der Waals surface area contributed by atoms with E-state index >= 15 is 0 Å². The van der Waals surface area contributed by atoms with E-state index in [1.807, 2.05) is 24.3 Å². The van der Waals surface area contributed by atoms with Crippen molar-refractivity contribution in [1.82, 2.24) is 0 Å². The molecule has 2 aromatic carbocycles. The molecular formula is C17H15NO4. The number of fused-ring (bicyclic) bond motifs is 1. The van der Waals surface area contributed by atoms with Crippen LogP contribution in [0.25, 0.3) is 0 Å². The number of benzene rings is 2. The van der Waals surface area contributed by atoms with Gasteiger partial charge < -0.3 is 19.5 Å². The highest BCUT2D eigenvalue weighted by Crippen LogP contribution is 2.32. The summed E-state index contributed by atoms with van der Waals surface area (Å²) in [7, 11) is 1.62. The maximum absolute atomic E-state index is 12.1. The fraction of sp³-hybridized carbons (Fsp3) is 0.118. The molecule has 1 aliphatic heterocycles. The molecule has 0 fully saturated rings. The van der Waals surface area contributed by atoms with Gasteiger partial charge in [0.1, 0.15) is 5.75 Å². The van der Waals surface area contributed by atoms with Crippen LogP contribution in [0.4, 0.5) is 5.69 Å². The number of methoxy groups -OCH3 is 1. The second-order valence-electron chi connectivity index (χ2n) is 4.64. The van der Waals surface area contributed by atoms with Gasteiger partial charge in [-0.3, -0.25) is 4.79 Å². The lowest BCUT2D eigenvalue weighted by molar-refractivity contribution is 0.104. The predicted molar refractivity (Wildman–Crippen MR) is 82.7 cm³/mol. The van der Waals surface area contributed by atoms with Crippen LogP contribution in [0.5, 0.6) is 17.2 Å². The molecule has 22 heavy (non-hydrogen) atoms. The van der Waals surface area contributed by atoms with Crippen molar-refractivity contribution in [3.8, 4) is 17.2 Å². The third-order valence-corrected chi connectivity index (χ3v) is 3.23. The number of rotatable bonds is 5. The van der Waals surface area contributed by atoms with E-state index in [0.717, 1.165) is 11.4 Å². The van der Waals surface area contributed by atoms with Gasteiger partial charge in [0.2, 0.25) is 6.79 Å². The second-order valence-corrected chi connectivity index (χ2v) is 4.64. The maximum Gasteiger partial charge on any atom is 0.231 e. The summed E-state index contributed by atoms with van der Waals surface area (Å²) in [5.74, 6) is 1.93. The number of anilines is 1. The van der Waals surface area contributed by atoms with Crippen LogP contribution in [-0.4, -0.2) is 19.7 Å². The third kappa shape index (κ3) is 3.03. The molecule has 1 N–H and O–H groups in total. The molecule has 5 heteroatoms. The first-order chi connectivity index (χ1) is 10.8. The molecule has 3 rings (SSSR count). The first kappa shape index (κ1) is 14.0. The smallest absolute Gasteiger partial charge is 0.231 e. The maximum atomic E-state index is 12.1. The normalized spacial score (nSPS) is 12.4. The topological polar surface area (TPSA) is 56.8 Å². The molecule has 0 amide bonds. The highest BCUT2D eigenvalue weighted by Gasteiger charge is 2.14. The molecular weight excluding hydrogens is 282 g/mol. The van der Waals surface area contributed by atoms with Crippen LogP contribution in [-0.2, 0) is 0 Å². The molecule has 1 heterocycles. The Morgan fingerprint density at radius 1 is 1.14 bits per heavy atom. The Hall–Kier alpha value is -2.95. The van der Waals surface area contributed by atoms with Crippen molar-refractivity contribution < 1.29 is 19.0 Å². The van der Waals surface area contributed by atoms with Crippen LogP contribution in [0.2, 0.25) is 0 Å². The van der Waals surface area contributed by atoms with Gasteiger partial charge in [0, 0.05) is 23.5 Å². The van der Waals surface area contributed by atoms with Crippen LogP contribution < -0.4 is 19.5 Å². The number of ether oxygens (including phenoxy) is 3. The molecule has 112 valence electrons. The van der Waals surface area contributed by atoms with E-state index in [4.69, 9.17) is 14.2 Å². The van der Waals surface area contributed by atoms with Gasteiger partial charge in [-0.15, -0.1) is 0 Å². The average Bonchev–Trinajstić information content (AvgIpc) is 3.03. The van der Waals surface area contributed by atoms with E-state index in [9.17, 15) is 4.79 Å². The molecule has 2 aromatic rings. The molecule has 0 saturated heterocycles. The van der Waals surface area contributed by atoms with Crippen molar-refractivity contribution in [1.29, 1.82) is 0 Å². The number of hydrogen-bond acceptors (Lipinski definition) is 5. The van der Waals surface area contributed by atoms with Gasteiger partial charge in [0.25, 0.3) is 0 Å². The number of nitrogens with one attached hydrogen (secondary N) is 1. The first-order valence-electron chi connectivity index (χ1n) is 6.77. The lowest BCUT2D eigenvalue weighted by Crippen LogP contribution is -1.96. The lowest BCUT2D eigenvalue weighted by Gasteiger charge is -2.03. The van der Waals surface area contributed by atoms with Crippen molar-refractivity contribution in [3.63, 3.8) is 0 Å². The Morgan fingerprint density at radius 3 is 2.68 bits per heavy atom. The SMILES string of the molecule is COc1ccc(N/C=C\C(=O)c2ccc3c(c2)OCO3)cc1. The summed E-state index contributed by atoms with van der Waals surface area (Å²) >= 11 is 0. The average molecular weight is 297 g/mol. The zero-order chi connectivity index (χ0) is 15.4. The molecule has 0 atom stereocenters. The van der Waals surface area contributed by atoms with Gasteiger partial charge in [-0.25, -0.2) is 0 Å². The van der Waals surface area contributed by atoms with Crippen LogP contribution in [0, 0.1) is 0 Å². The largest absolute Gasteiger partial charge is 0.497 e. The van der Waals surface area contributed by atoms with Gasteiger partial charge in [0.05, 0.1) is 7.11 Å². The highest BCUT2D eigenvalue weighted by molar-refractivity contribution is 6.05. The van der Waals surface area contributed by atoms with Crippen molar-refractivity contribution in [2.75, 3.05) is 19.2 Å². The van der Waals surface area contributed by atoms with Crippen LogP contribution in [0.15, 0.2) is 54.7 Å². The minimum absolute atomic E-state index is 0.112. The summed E-state index contributed by atoms with van der Waals surface area (Å²) < 4.78 is 15.6. The van der Waals surface area contributed by atoms with E-state index in [1.165, 1.54) is 6.08 Å². The Labute approximate surface area is 128 Å². The molecule has 0 radical (unpaired) electrons. The lowest BCUT2D eigenvalue weighted by atomic mass is 10.1. The number of carbonyl (C=O) groups is 1. The number of allylic oxidation sites excluding steroid dienone is 1. The third-order valence-electron chi connectivity index (χ3n) is 3.23. The Bertz CT molecular complexity index is 707. The van der Waals surface area contributed by atoms with Crippen LogP contribution in [0.3, 0.4) is 0 Å². The Morgan fingerprint density at radius 2 is 1.91 bits per heavy atom. The molecule has 0 bridgehead atoms. The Kier molecular flexibility index (Phi) is 3.96. The molecule has 5 nitrogen and oxygen atoms in total. The fourth-order valence-electron chi connectivity index (χ4n) is 2.05. The van der Waals surface area contributed by atoms with Crippen molar-refractivity contribution >= 4 is 11.5 Å². The summed E-state index contributed by atoms with van der Waals surface area (Å²) in [6, 6.07) is 12.6. The van der Waals surface area contributed by atoms with E-state index in [-0.39, 0.29) is 12.6 Å². The predicted octanol–water partition coefficient (Wildman–Crippen LogP) is 3.23. The fourth-order valence-corrected chi connectivity index (χ4v) is 2.05. The zero-order valence-electron chi connectivity index (χ0n) is 12.0. The summed E-state index contributed by atoms with van der Waals surface area (Å²) in [6.07, 6.45) is 3.08. The molecule has 0 saturated carbocycles. The van der Waals surface area contributed by atoms with Gasteiger partial charge in [-0.1, -0.05) is 0 Å². The van der Waals surface area contributed by atoms with Gasteiger partial charge in [-0.05, 0) is 42.5 Å². The molecule has 1 aliphatic rings. The molecule has 0 spiro atoms. The van der Waals surface area contributed by atoms with Gasteiger partial charge >= 0.3 is 0 Å². The number of hydrogen-bond donors (Lipinski definition) is 1. The molecule has 0 unspecified atom stereocenters. The first-order valence-corrected chi connectivity index (χ1v) is 6.77. The summed E-state index contributed by atoms with van der Waals surface area (Å²) in [5, 5.41) is 3.04.